The zero-order valence-corrected chi connectivity index (χ0v) is 16.2. The van der Waals surface area contributed by atoms with Crippen LogP contribution in [0.5, 0.6) is 0 Å². The van der Waals surface area contributed by atoms with Crippen LogP contribution in [-0.2, 0) is 16.0 Å². The number of ether oxygens (including phenoxy) is 1. The largest absolute Gasteiger partial charge is 0.465 e. The van der Waals surface area contributed by atoms with E-state index < -0.39 is 24.0 Å². The number of para-hydroxylation sites is 1. The summed E-state index contributed by atoms with van der Waals surface area (Å²) in [6.45, 7) is 1.38. The van der Waals surface area contributed by atoms with Gasteiger partial charge in [0, 0.05) is 5.39 Å². The van der Waals surface area contributed by atoms with Crippen LogP contribution >= 0.6 is 0 Å². The van der Waals surface area contributed by atoms with E-state index in [4.69, 9.17) is 19.9 Å². The molecule has 3 N–H and O–H groups in total. The normalized spacial score (nSPS) is 15.0. The van der Waals surface area contributed by atoms with E-state index in [-0.39, 0.29) is 0 Å². The maximum Gasteiger partial charge on any atom is 0.339 e. The van der Waals surface area contributed by atoms with Gasteiger partial charge in [0.1, 0.15) is 5.76 Å². The first-order valence-electron chi connectivity index (χ1n) is 9.41. The zero-order chi connectivity index (χ0) is 21.3. The van der Waals surface area contributed by atoms with E-state index in [1.54, 1.807) is 18.4 Å². The number of amides is 3. The minimum Gasteiger partial charge on any atom is -0.465 e. The van der Waals surface area contributed by atoms with Gasteiger partial charge in [0.05, 0.1) is 23.0 Å². The predicted molar refractivity (Wildman–Crippen MR) is 109 cm³/mol. The molecule has 0 saturated carbocycles. The molecule has 0 unspecified atom stereocenters. The summed E-state index contributed by atoms with van der Waals surface area (Å²) in [4.78, 5) is 40.6. The second kappa shape index (κ2) is 7.82. The number of nitrogens with one attached hydrogen (secondary N) is 1. The lowest BCUT2D eigenvalue weighted by Crippen LogP contribution is -2.42. The van der Waals surface area contributed by atoms with Crippen molar-refractivity contribution < 1.29 is 23.5 Å². The average molecular weight is 405 g/mol. The van der Waals surface area contributed by atoms with Crippen molar-refractivity contribution in [1.29, 1.82) is 0 Å². The van der Waals surface area contributed by atoms with Crippen LogP contribution in [0.1, 0.15) is 40.7 Å². The Hall–Kier alpha value is -3.94. The average Bonchev–Trinajstić information content (AvgIpc) is 3.36. The van der Waals surface area contributed by atoms with Crippen LogP contribution in [0.15, 0.2) is 47.1 Å². The molecule has 3 aromatic rings. The van der Waals surface area contributed by atoms with E-state index in [0.717, 1.165) is 11.1 Å². The lowest BCUT2D eigenvalue weighted by molar-refractivity contribution is -0.127. The maximum absolute atomic E-state index is 13.1. The van der Waals surface area contributed by atoms with Gasteiger partial charge in [0.15, 0.2) is 6.10 Å². The molecule has 8 nitrogen and oxygen atoms in total. The zero-order valence-electron chi connectivity index (χ0n) is 16.2. The fourth-order valence-electron chi connectivity index (χ4n) is 3.55. The molecule has 30 heavy (non-hydrogen) atoms. The van der Waals surface area contributed by atoms with Gasteiger partial charge in [-0.05, 0) is 55.2 Å². The van der Waals surface area contributed by atoms with Gasteiger partial charge in [-0.2, -0.15) is 0 Å². The molecule has 4 rings (SSSR count). The summed E-state index contributed by atoms with van der Waals surface area (Å²) in [5.74, 6) is -0.742. The highest BCUT2D eigenvalue weighted by atomic mass is 16.5. The number of benzene rings is 1. The third-order valence-corrected chi connectivity index (χ3v) is 4.91. The van der Waals surface area contributed by atoms with Gasteiger partial charge >= 0.3 is 12.0 Å². The molecule has 0 bridgehead atoms. The van der Waals surface area contributed by atoms with Crippen molar-refractivity contribution in [2.45, 2.75) is 25.9 Å². The Morgan fingerprint density at radius 1 is 1.20 bits per heavy atom. The molecule has 8 heteroatoms. The second-order valence-corrected chi connectivity index (χ2v) is 6.92. The molecule has 0 aliphatic heterocycles. The quantitative estimate of drug-likeness (QED) is 0.643. The van der Waals surface area contributed by atoms with Gasteiger partial charge in [-0.25, -0.2) is 14.6 Å². The van der Waals surface area contributed by atoms with Crippen LogP contribution in [-0.4, -0.2) is 29.0 Å². The summed E-state index contributed by atoms with van der Waals surface area (Å²) in [6.07, 6.45) is 3.61. The Balaban J connectivity index is 1.75. The number of fused-ring (bicyclic) bond motifs is 2. The first-order chi connectivity index (χ1) is 14.4. The third kappa shape index (κ3) is 3.67. The SMILES string of the molecule is C[C@H](OC(=O)c1c2c(nc3ccccc13)/C(=C/c1ccco1)CC2)C(=O)NC(N)=O. The highest BCUT2D eigenvalue weighted by Gasteiger charge is 2.29. The number of aromatic nitrogens is 1. The Labute approximate surface area is 171 Å². The number of urea groups is 1. The van der Waals surface area contributed by atoms with Gasteiger partial charge in [-0.15, -0.1) is 0 Å². The van der Waals surface area contributed by atoms with Crippen LogP contribution in [0.25, 0.3) is 22.6 Å². The van der Waals surface area contributed by atoms with Crippen molar-refractivity contribution >= 4 is 40.5 Å². The molecule has 0 spiro atoms. The molecule has 152 valence electrons. The number of imide groups is 1. The molecule has 1 aromatic carbocycles. The van der Waals surface area contributed by atoms with Gasteiger partial charge in [0.25, 0.3) is 5.91 Å². The van der Waals surface area contributed by atoms with Gasteiger partial charge in [0.2, 0.25) is 0 Å². The topological polar surface area (TPSA) is 125 Å². The number of furan rings is 1. The molecule has 0 radical (unpaired) electrons. The first kappa shape index (κ1) is 19.4. The predicted octanol–water partition coefficient (Wildman–Crippen LogP) is 3.05. The lowest BCUT2D eigenvalue weighted by Gasteiger charge is -2.15. The Morgan fingerprint density at radius 2 is 2.00 bits per heavy atom. The number of nitrogens with two attached hydrogens (primary N) is 1. The standard InChI is InChI=1S/C22H19N3O5/c1-12(20(26)25-22(23)28)30-21(27)18-15-6-2-3-7-17(15)24-19-13(8-9-16(18)19)11-14-5-4-10-29-14/h2-7,10-12H,8-9H2,1H3,(H3,23,25,26,28)/b13-11+/t12-/m0/s1. The Morgan fingerprint density at radius 3 is 2.73 bits per heavy atom. The molecule has 3 amide bonds. The summed E-state index contributed by atoms with van der Waals surface area (Å²) < 4.78 is 10.8. The fourth-order valence-corrected chi connectivity index (χ4v) is 3.55. The van der Waals surface area contributed by atoms with Crippen molar-refractivity contribution in [1.82, 2.24) is 10.3 Å². The van der Waals surface area contributed by atoms with Crippen molar-refractivity contribution in [3.05, 3.63) is 65.2 Å². The minimum atomic E-state index is -1.19. The third-order valence-electron chi connectivity index (χ3n) is 4.91. The van der Waals surface area contributed by atoms with Crippen molar-refractivity contribution in [2.24, 2.45) is 5.73 Å². The van der Waals surface area contributed by atoms with E-state index in [1.165, 1.54) is 6.92 Å². The number of carbonyl (C=O) groups is 3. The van der Waals surface area contributed by atoms with Crippen molar-refractivity contribution in [3.63, 3.8) is 0 Å². The number of primary amides is 1. The van der Waals surface area contributed by atoms with E-state index in [0.29, 0.717) is 40.8 Å². The number of allylic oxidation sites excluding steroid dienone is 1. The van der Waals surface area contributed by atoms with Crippen LogP contribution in [0, 0.1) is 0 Å². The summed E-state index contributed by atoms with van der Waals surface area (Å²) >= 11 is 0. The molecule has 0 fully saturated rings. The first-order valence-corrected chi connectivity index (χ1v) is 9.41. The molecule has 1 aliphatic rings. The van der Waals surface area contributed by atoms with Crippen LogP contribution in [0.4, 0.5) is 4.79 Å². The molecule has 0 saturated heterocycles. The molecule has 1 atom stereocenters. The van der Waals surface area contributed by atoms with Crippen molar-refractivity contribution in [3.8, 4) is 0 Å². The number of hydrogen-bond donors (Lipinski definition) is 2. The number of carbonyl (C=O) groups excluding carboxylic acids is 3. The monoisotopic (exact) mass is 405 g/mol. The van der Waals surface area contributed by atoms with Crippen LogP contribution < -0.4 is 11.1 Å². The Bertz CT molecular complexity index is 1180. The number of hydrogen-bond acceptors (Lipinski definition) is 6. The minimum absolute atomic E-state index is 0.372. The second-order valence-electron chi connectivity index (χ2n) is 6.92. The summed E-state index contributed by atoms with van der Waals surface area (Å²) in [7, 11) is 0. The molecular formula is C22H19N3O5. The summed E-state index contributed by atoms with van der Waals surface area (Å²) in [5, 5.41) is 2.55. The van der Waals surface area contributed by atoms with E-state index in [9.17, 15) is 14.4 Å². The highest BCUT2D eigenvalue weighted by molar-refractivity contribution is 6.08. The lowest BCUT2D eigenvalue weighted by atomic mass is 10.0. The molecule has 2 heterocycles. The molecular weight excluding hydrogens is 386 g/mol. The molecule has 1 aliphatic carbocycles. The number of esters is 1. The van der Waals surface area contributed by atoms with E-state index >= 15 is 0 Å². The Kier molecular flexibility index (Phi) is 5.05. The molecule has 2 aromatic heterocycles. The van der Waals surface area contributed by atoms with Crippen molar-refractivity contribution in [2.75, 3.05) is 0 Å². The summed E-state index contributed by atoms with van der Waals surface area (Å²) in [5.41, 5.74) is 8.41. The van der Waals surface area contributed by atoms with E-state index in [2.05, 4.69) is 0 Å². The number of nitrogens with zero attached hydrogens (tertiary/aromatic N) is 1. The maximum atomic E-state index is 13.1. The fraction of sp³-hybridized carbons (Fsp3) is 0.182. The summed E-state index contributed by atoms with van der Waals surface area (Å²) in [6, 6.07) is 9.90. The van der Waals surface area contributed by atoms with E-state index in [1.807, 2.05) is 35.7 Å². The van der Waals surface area contributed by atoms with Gasteiger partial charge in [-0.1, -0.05) is 18.2 Å². The number of rotatable bonds is 4. The van der Waals surface area contributed by atoms with Gasteiger partial charge in [-0.3, -0.25) is 10.1 Å². The highest BCUT2D eigenvalue weighted by Crippen LogP contribution is 2.37. The van der Waals surface area contributed by atoms with Crippen LogP contribution in [0.2, 0.25) is 0 Å². The smallest absolute Gasteiger partial charge is 0.339 e. The number of pyridine rings is 1. The van der Waals surface area contributed by atoms with Crippen LogP contribution in [0.3, 0.4) is 0 Å². The van der Waals surface area contributed by atoms with Gasteiger partial charge < -0.3 is 14.9 Å².